The van der Waals surface area contributed by atoms with Crippen LogP contribution in [0.4, 0.5) is 4.79 Å². The maximum Gasteiger partial charge on any atom is 0.319 e. The number of hydrogen-bond acceptors (Lipinski definition) is 4. The van der Waals surface area contributed by atoms with Gasteiger partial charge in [0.2, 0.25) is 0 Å². The molecule has 2 rings (SSSR count). The molecule has 0 radical (unpaired) electrons. The number of hydrogen-bond donors (Lipinski definition) is 3. The Morgan fingerprint density at radius 3 is 2.44 bits per heavy atom. The van der Waals surface area contributed by atoms with E-state index in [0.29, 0.717) is 24.7 Å². The monoisotopic (exact) mass is 372 g/mol. The summed E-state index contributed by atoms with van der Waals surface area (Å²) in [5, 5.41) is 2.19. The topological polar surface area (TPSA) is 95.1 Å². The molecular formula is C20H26N3O4+. The van der Waals surface area contributed by atoms with Gasteiger partial charge in [0.25, 0.3) is 5.91 Å². The van der Waals surface area contributed by atoms with Crippen LogP contribution < -0.4 is 25.4 Å². The van der Waals surface area contributed by atoms with Gasteiger partial charge in [0.1, 0.15) is 6.54 Å². The van der Waals surface area contributed by atoms with Crippen LogP contribution in [-0.2, 0) is 11.3 Å². The summed E-state index contributed by atoms with van der Waals surface area (Å²) in [6.07, 6.45) is 0. The number of carbonyl (C=O) groups is 2. The first-order valence-corrected chi connectivity index (χ1v) is 8.73. The SMILES string of the molecule is CCOc1ccc(C[NH+](C)[C@@H](C(=O)NC(N)=O)c2ccccc2)cc1OC. The Labute approximate surface area is 159 Å². The number of methoxy groups -OCH3 is 1. The van der Waals surface area contributed by atoms with Crippen molar-refractivity contribution >= 4 is 11.9 Å². The minimum atomic E-state index is -0.864. The molecule has 0 aromatic heterocycles. The van der Waals surface area contributed by atoms with Crippen molar-refractivity contribution in [1.82, 2.24) is 5.32 Å². The smallest absolute Gasteiger partial charge is 0.319 e. The number of nitrogens with two attached hydrogens (primary N) is 1. The molecule has 2 aromatic rings. The van der Waals surface area contributed by atoms with Crippen LogP contribution in [0.25, 0.3) is 0 Å². The highest BCUT2D eigenvalue weighted by molar-refractivity contribution is 5.96. The number of ether oxygens (including phenoxy) is 2. The van der Waals surface area contributed by atoms with Crippen molar-refractivity contribution < 1.29 is 24.0 Å². The summed E-state index contributed by atoms with van der Waals surface area (Å²) in [7, 11) is 3.48. The normalized spacial score (nSPS) is 12.7. The largest absolute Gasteiger partial charge is 0.493 e. The van der Waals surface area contributed by atoms with Crippen molar-refractivity contribution in [1.29, 1.82) is 0 Å². The van der Waals surface area contributed by atoms with Crippen LogP contribution in [-0.4, -0.2) is 32.7 Å². The minimum Gasteiger partial charge on any atom is -0.493 e. The molecule has 144 valence electrons. The van der Waals surface area contributed by atoms with Crippen LogP contribution in [0.5, 0.6) is 11.5 Å². The molecule has 0 aliphatic rings. The molecule has 0 aliphatic carbocycles. The first-order chi connectivity index (χ1) is 13.0. The lowest BCUT2D eigenvalue weighted by Crippen LogP contribution is -3.09. The first kappa shape index (κ1) is 20.3. The molecule has 7 nitrogen and oxygen atoms in total. The molecule has 1 unspecified atom stereocenters. The number of quaternary nitrogens is 1. The van der Waals surface area contributed by atoms with E-state index in [-0.39, 0.29) is 0 Å². The molecule has 0 saturated carbocycles. The second-order valence-electron chi connectivity index (χ2n) is 6.14. The summed E-state index contributed by atoms with van der Waals surface area (Å²) in [5.41, 5.74) is 6.91. The van der Waals surface area contributed by atoms with E-state index in [1.807, 2.05) is 62.5 Å². The van der Waals surface area contributed by atoms with Gasteiger partial charge in [-0.3, -0.25) is 10.1 Å². The molecule has 0 heterocycles. The Kier molecular flexibility index (Phi) is 7.19. The third-order valence-corrected chi connectivity index (χ3v) is 4.15. The number of likely N-dealkylation sites (N-methyl/N-ethyl adjacent to an activating group) is 1. The lowest BCUT2D eigenvalue weighted by molar-refractivity contribution is -0.916. The second-order valence-corrected chi connectivity index (χ2v) is 6.14. The molecule has 0 bridgehead atoms. The number of nitrogens with one attached hydrogen (secondary N) is 2. The zero-order chi connectivity index (χ0) is 19.8. The highest BCUT2D eigenvalue weighted by atomic mass is 16.5. The van der Waals surface area contributed by atoms with Gasteiger partial charge >= 0.3 is 6.03 Å². The summed E-state index contributed by atoms with van der Waals surface area (Å²) in [4.78, 5) is 24.6. The molecular weight excluding hydrogens is 346 g/mol. The Hall–Kier alpha value is -3.06. The fourth-order valence-corrected chi connectivity index (χ4v) is 3.02. The number of imide groups is 1. The van der Waals surface area contributed by atoms with E-state index in [0.717, 1.165) is 16.0 Å². The van der Waals surface area contributed by atoms with E-state index < -0.39 is 18.0 Å². The molecule has 0 spiro atoms. The van der Waals surface area contributed by atoms with Crippen molar-refractivity contribution in [3.05, 3.63) is 59.7 Å². The molecule has 3 amide bonds. The molecule has 2 aromatic carbocycles. The number of urea groups is 1. The number of primary amides is 1. The van der Waals surface area contributed by atoms with Gasteiger partial charge in [-0.25, -0.2) is 4.79 Å². The van der Waals surface area contributed by atoms with Crippen LogP contribution in [0, 0.1) is 0 Å². The van der Waals surface area contributed by atoms with Gasteiger partial charge in [-0.15, -0.1) is 0 Å². The lowest BCUT2D eigenvalue weighted by Gasteiger charge is -2.24. The van der Waals surface area contributed by atoms with Crippen LogP contribution in [0.2, 0.25) is 0 Å². The lowest BCUT2D eigenvalue weighted by atomic mass is 10.0. The van der Waals surface area contributed by atoms with Crippen LogP contribution in [0.15, 0.2) is 48.5 Å². The first-order valence-electron chi connectivity index (χ1n) is 8.73. The predicted molar refractivity (Wildman–Crippen MR) is 102 cm³/mol. The van der Waals surface area contributed by atoms with Gasteiger partial charge in [0.15, 0.2) is 17.5 Å². The molecule has 0 fully saturated rings. The van der Waals surface area contributed by atoms with Gasteiger partial charge in [-0.2, -0.15) is 0 Å². The van der Waals surface area contributed by atoms with Gasteiger partial charge in [-0.1, -0.05) is 30.3 Å². The molecule has 2 atom stereocenters. The number of benzene rings is 2. The maximum atomic E-state index is 12.6. The van der Waals surface area contributed by atoms with Gasteiger partial charge in [-0.05, 0) is 25.1 Å². The second kappa shape index (κ2) is 9.59. The Balaban J connectivity index is 2.26. The average molecular weight is 372 g/mol. The molecule has 27 heavy (non-hydrogen) atoms. The van der Waals surface area contributed by atoms with E-state index in [2.05, 4.69) is 5.32 Å². The quantitative estimate of drug-likeness (QED) is 0.645. The molecule has 0 aliphatic heterocycles. The van der Waals surface area contributed by atoms with Crippen LogP contribution in [0.3, 0.4) is 0 Å². The summed E-state index contributed by atoms with van der Waals surface area (Å²) < 4.78 is 10.9. The fourth-order valence-electron chi connectivity index (χ4n) is 3.02. The Bertz CT molecular complexity index is 780. The minimum absolute atomic E-state index is 0.441. The molecule has 4 N–H and O–H groups in total. The van der Waals surface area contributed by atoms with Crippen molar-refractivity contribution in [2.45, 2.75) is 19.5 Å². The standard InChI is InChI=1S/C20H25N3O4/c1-4-27-16-11-10-14(12-17(16)26-3)13-23(2)18(19(24)22-20(21)25)15-8-6-5-7-9-15/h5-12,18H,4,13H2,1-3H3,(H3,21,22,24,25)/p+1/t18-/m1/s1. The summed E-state index contributed by atoms with van der Waals surface area (Å²) in [6.45, 7) is 2.99. The van der Waals surface area contributed by atoms with Crippen LogP contribution in [0.1, 0.15) is 24.1 Å². The predicted octanol–water partition coefficient (Wildman–Crippen LogP) is 1.04. The summed E-state index contributed by atoms with van der Waals surface area (Å²) in [5.74, 6) is 0.872. The highest BCUT2D eigenvalue weighted by Crippen LogP contribution is 2.27. The van der Waals surface area contributed by atoms with Gasteiger partial charge in [0.05, 0.1) is 20.8 Å². The third kappa shape index (κ3) is 5.46. The maximum absolute atomic E-state index is 12.6. The van der Waals surface area contributed by atoms with E-state index in [1.165, 1.54) is 0 Å². The molecule has 7 heteroatoms. The van der Waals surface area contributed by atoms with Crippen molar-refractivity contribution in [3.8, 4) is 11.5 Å². The fraction of sp³-hybridized carbons (Fsp3) is 0.300. The van der Waals surface area contributed by atoms with Crippen LogP contribution >= 0.6 is 0 Å². The van der Waals surface area contributed by atoms with Crippen molar-refractivity contribution in [3.63, 3.8) is 0 Å². The summed E-state index contributed by atoms with van der Waals surface area (Å²) >= 11 is 0. The number of amides is 3. The third-order valence-electron chi connectivity index (χ3n) is 4.15. The highest BCUT2D eigenvalue weighted by Gasteiger charge is 2.30. The van der Waals surface area contributed by atoms with E-state index in [4.69, 9.17) is 15.2 Å². The van der Waals surface area contributed by atoms with Gasteiger partial charge < -0.3 is 20.1 Å². The zero-order valence-corrected chi connectivity index (χ0v) is 15.8. The van der Waals surface area contributed by atoms with E-state index >= 15 is 0 Å². The number of carbonyl (C=O) groups excluding carboxylic acids is 2. The summed E-state index contributed by atoms with van der Waals surface area (Å²) in [6, 6.07) is 13.5. The van der Waals surface area contributed by atoms with Gasteiger partial charge in [0, 0.05) is 11.1 Å². The molecule has 0 saturated heterocycles. The van der Waals surface area contributed by atoms with E-state index in [1.54, 1.807) is 7.11 Å². The zero-order valence-electron chi connectivity index (χ0n) is 15.8. The van der Waals surface area contributed by atoms with Crippen molar-refractivity contribution in [2.75, 3.05) is 20.8 Å². The Morgan fingerprint density at radius 1 is 1.15 bits per heavy atom. The Morgan fingerprint density at radius 2 is 1.85 bits per heavy atom. The average Bonchev–Trinajstić information content (AvgIpc) is 2.63. The van der Waals surface area contributed by atoms with E-state index in [9.17, 15) is 9.59 Å². The number of rotatable bonds is 8. The van der Waals surface area contributed by atoms with Crippen molar-refractivity contribution in [2.24, 2.45) is 5.73 Å².